The molecule has 0 unspecified atom stereocenters. The zero-order valence-electron chi connectivity index (χ0n) is 17.7. The molecule has 2 heterocycles. The maximum absolute atomic E-state index is 13.0. The number of carbonyl (C=O) groups is 3. The number of hydrogen-bond acceptors (Lipinski definition) is 6. The average Bonchev–Trinajstić information content (AvgIpc) is 3.38. The summed E-state index contributed by atoms with van der Waals surface area (Å²) < 4.78 is 1.67. The van der Waals surface area contributed by atoms with E-state index in [2.05, 4.69) is 15.4 Å². The van der Waals surface area contributed by atoms with E-state index in [1.807, 2.05) is 26.0 Å². The highest BCUT2D eigenvalue weighted by Gasteiger charge is 2.37. The molecule has 3 amide bonds. The molecule has 0 fully saturated rings. The van der Waals surface area contributed by atoms with Gasteiger partial charge < -0.3 is 10.4 Å². The molecule has 0 saturated carbocycles. The van der Waals surface area contributed by atoms with Gasteiger partial charge in [0.1, 0.15) is 12.7 Å². The van der Waals surface area contributed by atoms with Gasteiger partial charge in [0.05, 0.1) is 36.0 Å². The monoisotopic (exact) mass is 433 g/mol. The van der Waals surface area contributed by atoms with E-state index in [0.29, 0.717) is 12.2 Å². The van der Waals surface area contributed by atoms with Gasteiger partial charge in [0, 0.05) is 5.56 Å². The van der Waals surface area contributed by atoms with Gasteiger partial charge in [-0.05, 0) is 41.8 Å². The van der Waals surface area contributed by atoms with Crippen LogP contribution < -0.4 is 10.2 Å². The molecule has 1 aromatic heterocycles. The van der Waals surface area contributed by atoms with Crippen LogP contribution in [0.2, 0.25) is 0 Å². The molecule has 0 radical (unpaired) electrons. The van der Waals surface area contributed by atoms with E-state index in [4.69, 9.17) is 0 Å². The molecule has 3 aromatic rings. The summed E-state index contributed by atoms with van der Waals surface area (Å²) in [4.78, 5) is 43.5. The molecule has 164 valence electrons. The first-order chi connectivity index (χ1) is 15.4. The number of aliphatic hydroxyl groups is 1. The van der Waals surface area contributed by atoms with E-state index >= 15 is 0 Å². The molecule has 1 aliphatic rings. The highest BCUT2D eigenvalue weighted by atomic mass is 16.3. The third kappa shape index (κ3) is 4.02. The quantitative estimate of drug-likeness (QED) is 0.550. The largest absolute Gasteiger partial charge is 0.394 e. The van der Waals surface area contributed by atoms with Crippen molar-refractivity contribution in [2.45, 2.75) is 26.4 Å². The second kappa shape index (κ2) is 8.72. The first kappa shape index (κ1) is 21.4. The smallest absolute Gasteiger partial charge is 0.266 e. The predicted molar refractivity (Wildman–Crippen MR) is 116 cm³/mol. The van der Waals surface area contributed by atoms with Crippen molar-refractivity contribution in [2.75, 3.05) is 11.5 Å². The summed E-state index contributed by atoms with van der Waals surface area (Å²) in [6.45, 7) is 4.11. The standard InChI is InChI=1S/C23H23N5O4/c1-14(2)20(11-29)26-21(30)16-5-8-18-19(9-16)23(32)28(22(18)31)17-6-3-15(4-7-17)10-27-13-24-12-25-27/h3-9,12-14,20,29H,10-11H2,1-2H3,(H,26,30)/t20-/m1/s1. The third-order valence-electron chi connectivity index (χ3n) is 5.47. The minimum atomic E-state index is -0.480. The normalized spacial score (nSPS) is 14.1. The van der Waals surface area contributed by atoms with E-state index in [0.717, 1.165) is 10.5 Å². The molecule has 2 N–H and O–H groups in total. The van der Waals surface area contributed by atoms with E-state index < -0.39 is 23.8 Å². The summed E-state index contributed by atoms with van der Waals surface area (Å²) in [7, 11) is 0. The summed E-state index contributed by atoms with van der Waals surface area (Å²) in [6, 6.07) is 11.1. The lowest BCUT2D eigenvalue weighted by Crippen LogP contribution is -2.41. The average molecular weight is 433 g/mol. The molecule has 2 aromatic carbocycles. The third-order valence-corrected chi connectivity index (χ3v) is 5.47. The number of benzene rings is 2. The summed E-state index contributed by atoms with van der Waals surface area (Å²) >= 11 is 0. The maximum Gasteiger partial charge on any atom is 0.266 e. The molecular formula is C23H23N5O4. The van der Waals surface area contributed by atoms with Crippen molar-refractivity contribution < 1.29 is 19.5 Å². The Hall–Kier alpha value is -3.85. The summed E-state index contributed by atoms with van der Waals surface area (Å²) in [5.41, 5.74) is 2.08. The number of aromatic nitrogens is 3. The molecule has 9 heteroatoms. The Balaban J connectivity index is 1.54. The fourth-order valence-electron chi connectivity index (χ4n) is 3.54. The molecule has 9 nitrogen and oxygen atoms in total. The van der Waals surface area contributed by atoms with Crippen molar-refractivity contribution >= 4 is 23.4 Å². The zero-order chi connectivity index (χ0) is 22.8. The van der Waals surface area contributed by atoms with Crippen LogP contribution in [-0.2, 0) is 6.54 Å². The van der Waals surface area contributed by atoms with Crippen molar-refractivity contribution in [3.05, 3.63) is 77.4 Å². The molecule has 0 spiro atoms. The van der Waals surface area contributed by atoms with Crippen LogP contribution in [0.3, 0.4) is 0 Å². The van der Waals surface area contributed by atoms with Crippen molar-refractivity contribution in [3.8, 4) is 0 Å². The number of carbonyl (C=O) groups excluding carboxylic acids is 3. The Kier molecular flexibility index (Phi) is 5.83. The number of imide groups is 1. The van der Waals surface area contributed by atoms with E-state index in [9.17, 15) is 19.5 Å². The fourth-order valence-corrected chi connectivity index (χ4v) is 3.54. The minimum absolute atomic E-state index is 0.0459. The predicted octanol–water partition coefficient (Wildman–Crippen LogP) is 1.87. The molecular weight excluding hydrogens is 410 g/mol. The SMILES string of the molecule is CC(C)[C@@H](CO)NC(=O)c1ccc2c(c1)C(=O)N(c1ccc(Cn3cncn3)cc1)C2=O. The highest BCUT2D eigenvalue weighted by Crippen LogP contribution is 2.29. The van der Waals surface area contributed by atoms with Gasteiger partial charge in [-0.1, -0.05) is 26.0 Å². The zero-order valence-corrected chi connectivity index (χ0v) is 17.7. The van der Waals surface area contributed by atoms with Crippen molar-refractivity contribution in [1.82, 2.24) is 20.1 Å². The number of anilines is 1. The maximum atomic E-state index is 13.0. The Morgan fingerprint density at radius 1 is 1.06 bits per heavy atom. The number of hydrogen-bond donors (Lipinski definition) is 2. The number of nitrogens with zero attached hydrogens (tertiary/aromatic N) is 4. The molecule has 32 heavy (non-hydrogen) atoms. The van der Waals surface area contributed by atoms with Crippen LogP contribution >= 0.6 is 0 Å². The van der Waals surface area contributed by atoms with E-state index in [1.165, 1.54) is 24.5 Å². The van der Waals surface area contributed by atoms with E-state index in [1.54, 1.807) is 23.1 Å². The van der Waals surface area contributed by atoms with Crippen molar-refractivity contribution in [2.24, 2.45) is 5.92 Å². The highest BCUT2D eigenvalue weighted by molar-refractivity contribution is 6.34. The van der Waals surface area contributed by atoms with Crippen molar-refractivity contribution in [1.29, 1.82) is 0 Å². The number of rotatable bonds is 7. The Bertz CT molecular complexity index is 1160. The molecule has 1 atom stereocenters. The molecule has 0 aliphatic carbocycles. The van der Waals surface area contributed by atoms with Gasteiger partial charge >= 0.3 is 0 Å². The van der Waals surface area contributed by atoms with Crippen LogP contribution in [0, 0.1) is 5.92 Å². The first-order valence-electron chi connectivity index (χ1n) is 10.2. The van der Waals surface area contributed by atoms with Crippen LogP contribution in [0.15, 0.2) is 55.1 Å². The molecule has 4 rings (SSSR count). The van der Waals surface area contributed by atoms with Gasteiger partial charge in [-0.3, -0.25) is 14.4 Å². The number of fused-ring (bicyclic) bond motifs is 1. The Morgan fingerprint density at radius 2 is 1.78 bits per heavy atom. The van der Waals surface area contributed by atoms with Gasteiger partial charge in [0.15, 0.2) is 0 Å². The van der Waals surface area contributed by atoms with Crippen LogP contribution in [0.4, 0.5) is 5.69 Å². The fraction of sp³-hybridized carbons (Fsp3) is 0.261. The van der Waals surface area contributed by atoms with Gasteiger partial charge in [-0.25, -0.2) is 14.6 Å². The summed E-state index contributed by atoms with van der Waals surface area (Å²) in [5, 5.41) is 16.3. The van der Waals surface area contributed by atoms with Gasteiger partial charge in [0.2, 0.25) is 0 Å². The summed E-state index contributed by atoms with van der Waals surface area (Å²) in [6.07, 6.45) is 3.06. The number of aliphatic hydroxyl groups excluding tert-OH is 1. The number of amides is 3. The Morgan fingerprint density at radius 3 is 2.41 bits per heavy atom. The van der Waals surface area contributed by atoms with Crippen LogP contribution in [-0.4, -0.2) is 50.2 Å². The lowest BCUT2D eigenvalue weighted by atomic mass is 10.0. The summed E-state index contributed by atoms with van der Waals surface area (Å²) in [5.74, 6) is -1.27. The first-order valence-corrected chi connectivity index (χ1v) is 10.2. The van der Waals surface area contributed by atoms with Crippen molar-refractivity contribution in [3.63, 3.8) is 0 Å². The Labute approximate surface area is 184 Å². The molecule has 0 saturated heterocycles. The van der Waals surface area contributed by atoms with E-state index in [-0.39, 0.29) is 29.2 Å². The topological polar surface area (TPSA) is 117 Å². The minimum Gasteiger partial charge on any atom is -0.394 e. The van der Waals surface area contributed by atoms with Gasteiger partial charge in [-0.15, -0.1) is 0 Å². The number of nitrogens with one attached hydrogen (secondary N) is 1. The van der Waals surface area contributed by atoms with Crippen LogP contribution in [0.1, 0.15) is 50.5 Å². The lowest BCUT2D eigenvalue weighted by Gasteiger charge is -2.19. The molecule has 0 bridgehead atoms. The second-order valence-corrected chi connectivity index (χ2v) is 7.97. The van der Waals surface area contributed by atoms with Crippen LogP contribution in [0.25, 0.3) is 0 Å². The lowest BCUT2D eigenvalue weighted by molar-refractivity contribution is 0.0895. The van der Waals surface area contributed by atoms with Crippen LogP contribution in [0.5, 0.6) is 0 Å². The molecule has 1 aliphatic heterocycles. The van der Waals surface area contributed by atoms with Gasteiger partial charge in [0.25, 0.3) is 17.7 Å². The second-order valence-electron chi connectivity index (χ2n) is 7.97. The van der Waals surface area contributed by atoms with Gasteiger partial charge in [-0.2, -0.15) is 5.10 Å².